The zero-order chi connectivity index (χ0) is 21.0. The van der Waals surface area contributed by atoms with Crippen LogP contribution in [0.1, 0.15) is 35.3 Å². The van der Waals surface area contributed by atoms with Crippen LogP contribution < -0.4 is 4.90 Å². The summed E-state index contributed by atoms with van der Waals surface area (Å²) in [5, 5.41) is 0. The number of ether oxygens (including phenoxy) is 2. The first-order chi connectivity index (χ1) is 13.9. The van der Waals surface area contributed by atoms with E-state index >= 15 is 0 Å². The Labute approximate surface area is 169 Å². The van der Waals surface area contributed by atoms with Gasteiger partial charge >= 0.3 is 11.9 Å². The Hall–Kier alpha value is -3.41. The molecule has 2 aromatic carbocycles. The van der Waals surface area contributed by atoms with Crippen LogP contribution in [0.2, 0.25) is 0 Å². The minimum atomic E-state index is -0.901. The van der Waals surface area contributed by atoms with E-state index in [9.17, 15) is 14.4 Å². The fourth-order valence-corrected chi connectivity index (χ4v) is 3.37. The van der Waals surface area contributed by atoms with Gasteiger partial charge in [-0.2, -0.15) is 0 Å². The summed E-state index contributed by atoms with van der Waals surface area (Å²) in [5.41, 5.74) is 3.12. The van der Waals surface area contributed by atoms with Crippen LogP contribution in [-0.2, 0) is 25.5 Å². The molecule has 1 aliphatic heterocycles. The second kappa shape index (κ2) is 8.73. The van der Waals surface area contributed by atoms with Crippen LogP contribution in [0.25, 0.3) is 6.08 Å². The van der Waals surface area contributed by atoms with Crippen LogP contribution in [0.4, 0.5) is 5.69 Å². The molecule has 0 N–H and O–H groups in total. The number of carbonyl (C=O) groups is 3. The minimum absolute atomic E-state index is 0.0184. The Morgan fingerprint density at radius 3 is 2.48 bits per heavy atom. The van der Waals surface area contributed by atoms with Crippen molar-refractivity contribution in [3.05, 3.63) is 71.3 Å². The average Bonchev–Trinajstić information content (AvgIpc) is 3.07. The van der Waals surface area contributed by atoms with E-state index in [1.165, 1.54) is 13.2 Å². The van der Waals surface area contributed by atoms with Crippen molar-refractivity contribution in [3.63, 3.8) is 0 Å². The number of hydrogen-bond donors (Lipinski definition) is 0. The fraction of sp³-hybridized carbons (Fsp3) is 0.261. The second-order valence-electron chi connectivity index (χ2n) is 6.92. The lowest BCUT2D eigenvalue weighted by molar-refractivity contribution is -0.149. The smallest absolute Gasteiger partial charge is 0.337 e. The highest BCUT2D eigenvalue weighted by molar-refractivity contribution is 6.00. The molecule has 3 rings (SSSR count). The Morgan fingerprint density at radius 2 is 1.79 bits per heavy atom. The molecule has 0 fully saturated rings. The molecule has 0 unspecified atom stereocenters. The minimum Gasteiger partial charge on any atom is -0.465 e. The standard InChI is InChI=1S/C23H23NO5/c1-15-14-19-6-4-5-7-20(19)24(15)22(26)16(2)29-21(25)13-10-17-8-11-18(12-9-17)23(27)28-3/h4-13,15-16H,14H2,1-3H3/b13-10+/t15-,16+/m0/s1. The van der Waals surface area contributed by atoms with Crippen LogP contribution in [0.5, 0.6) is 0 Å². The van der Waals surface area contributed by atoms with Crippen LogP contribution in [0.15, 0.2) is 54.6 Å². The first-order valence-corrected chi connectivity index (χ1v) is 9.38. The lowest BCUT2D eigenvalue weighted by atomic mass is 10.1. The molecule has 2 aromatic rings. The van der Waals surface area contributed by atoms with E-state index in [1.54, 1.807) is 42.2 Å². The van der Waals surface area contributed by atoms with E-state index in [4.69, 9.17) is 4.74 Å². The molecule has 2 atom stereocenters. The third-order valence-electron chi connectivity index (χ3n) is 4.83. The lowest BCUT2D eigenvalue weighted by Gasteiger charge is -2.25. The van der Waals surface area contributed by atoms with Crippen molar-refractivity contribution in [3.8, 4) is 0 Å². The summed E-state index contributed by atoms with van der Waals surface area (Å²) in [5.74, 6) is -1.28. The van der Waals surface area contributed by atoms with Gasteiger partial charge in [-0.25, -0.2) is 9.59 Å². The number of fused-ring (bicyclic) bond motifs is 1. The third kappa shape index (κ3) is 4.54. The zero-order valence-electron chi connectivity index (χ0n) is 16.6. The number of nitrogens with zero attached hydrogens (tertiary/aromatic N) is 1. The van der Waals surface area contributed by atoms with E-state index < -0.39 is 18.0 Å². The number of carbonyl (C=O) groups excluding carboxylic acids is 3. The molecule has 0 aromatic heterocycles. The molecular weight excluding hydrogens is 370 g/mol. The van der Waals surface area contributed by atoms with E-state index in [1.807, 2.05) is 31.2 Å². The van der Waals surface area contributed by atoms with Gasteiger partial charge in [0, 0.05) is 17.8 Å². The molecule has 0 saturated carbocycles. The van der Waals surface area contributed by atoms with Crippen LogP contribution in [-0.4, -0.2) is 37.1 Å². The van der Waals surface area contributed by atoms with Gasteiger partial charge in [0.15, 0.2) is 6.10 Å². The topological polar surface area (TPSA) is 72.9 Å². The summed E-state index contributed by atoms with van der Waals surface area (Å²) >= 11 is 0. The van der Waals surface area contributed by atoms with Gasteiger partial charge in [0.25, 0.3) is 5.91 Å². The average molecular weight is 393 g/mol. The number of rotatable bonds is 5. The van der Waals surface area contributed by atoms with E-state index in [0.29, 0.717) is 5.56 Å². The normalized spacial score (nSPS) is 16.4. The highest BCUT2D eigenvalue weighted by Crippen LogP contribution is 2.32. The Morgan fingerprint density at radius 1 is 1.10 bits per heavy atom. The molecule has 0 aliphatic carbocycles. The van der Waals surface area contributed by atoms with Crippen molar-refractivity contribution in [2.45, 2.75) is 32.4 Å². The summed E-state index contributed by atoms with van der Waals surface area (Å²) in [6.07, 6.45) is 2.71. The molecule has 0 saturated heterocycles. The summed E-state index contributed by atoms with van der Waals surface area (Å²) < 4.78 is 9.94. The van der Waals surface area contributed by atoms with Gasteiger partial charge < -0.3 is 14.4 Å². The maximum absolute atomic E-state index is 12.8. The molecule has 6 nitrogen and oxygen atoms in total. The predicted molar refractivity (Wildman–Crippen MR) is 109 cm³/mol. The first-order valence-electron chi connectivity index (χ1n) is 9.38. The van der Waals surface area contributed by atoms with Crippen LogP contribution in [0, 0.1) is 0 Å². The summed E-state index contributed by atoms with van der Waals surface area (Å²) in [6, 6.07) is 14.4. The molecule has 0 radical (unpaired) electrons. The monoisotopic (exact) mass is 393 g/mol. The first kappa shape index (κ1) is 20.3. The molecular formula is C23H23NO5. The summed E-state index contributed by atoms with van der Waals surface area (Å²) in [6.45, 7) is 3.55. The number of benzene rings is 2. The molecule has 1 heterocycles. The van der Waals surface area contributed by atoms with E-state index in [2.05, 4.69) is 4.74 Å². The van der Waals surface area contributed by atoms with Gasteiger partial charge in [-0.15, -0.1) is 0 Å². The summed E-state index contributed by atoms with van der Waals surface area (Å²) in [4.78, 5) is 38.1. The molecule has 29 heavy (non-hydrogen) atoms. The van der Waals surface area contributed by atoms with Gasteiger partial charge in [-0.3, -0.25) is 4.79 Å². The van der Waals surface area contributed by atoms with Gasteiger partial charge in [0.2, 0.25) is 0 Å². The zero-order valence-corrected chi connectivity index (χ0v) is 16.6. The van der Waals surface area contributed by atoms with Crippen molar-refractivity contribution in [1.29, 1.82) is 0 Å². The number of para-hydroxylation sites is 1. The number of hydrogen-bond acceptors (Lipinski definition) is 5. The molecule has 150 valence electrons. The SMILES string of the molecule is COC(=O)c1ccc(/C=C/C(=O)O[C@H](C)C(=O)N2c3ccccc3C[C@@H]2C)cc1. The maximum Gasteiger partial charge on any atom is 0.337 e. The van der Waals surface area contributed by atoms with Crippen molar-refractivity contribution < 1.29 is 23.9 Å². The van der Waals surface area contributed by atoms with Gasteiger partial charge in [0.1, 0.15) is 0 Å². The maximum atomic E-state index is 12.8. The van der Waals surface area contributed by atoms with E-state index in [0.717, 1.165) is 23.2 Å². The van der Waals surface area contributed by atoms with E-state index in [-0.39, 0.29) is 11.9 Å². The molecule has 1 aliphatic rings. The lowest BCUT2D eigenvalue weighted by Crippen LogP contribution is -2.43. The van der Waals surface area contributed by atoms with Crippen LogP contribution >= 0.6 is 0 Å². The van der Waals surface area contributed by atoms with Crippen molar-refractivity contribution in [2.75, 3.05) is 12.0 Å². The largest absolute Gasteiger partial charge is 0.465 e. The Bertz CT molecular complexity index is 948. The van der Waals surface area contributed by atoms with Crippen molar-refractivity contribution in [1.82, 2.24) is 0 Å². The van der Waals surface area contributed by atoms with Crippen molar-refractivity contribution >= 4 is 29.6 Å². The molecule has 0 spiro atoms. The number of amides is 1. The number of esters is 2. The third-order valence-corrected chi connectivity index (χ3v) is 4.83. The molecule has 0 bridgehead atoms. The van der Waals surface area contributed by atoms with Gasteiger partial charge in [-0.1, -0.05) is 30.3 Å². The predicted octanol–water partition coefficient (Wildman–Crippen LogP) is 3.40. The Kier molecular flexibility index (Phi) is 6.12. The Balaban J connectivity index is 1.61. The quantitative estimate of drug-likeness (QED) is 0.575. The highest BCUT2D eigenvalue weighted by Gasteiger charge is 2.34. The molecule has 6 heteroatoms. The second-order valence-corrected chi connectivity index (χ2v) is 6.92. The van der Waals surface area contributed by atoms with Crippen molar-refractivity contribution in [2.24, 2.45) is 0 Å². The van der Waals surface area contributed by atoms with Gasteiger partial charge in [-0.05, 0) is 55.7 Å². The number of anilines is 1. The number of methoxy groups -OCH3 is 1. The van der Waals surface area contributed by atoms with Gasteiger partial charge in [0.05, 0.1) is 12.7 Å². The van der Waals surface area contributed by atoms with Crippen LogP contribution in [0.3, 0.4) is 0 Å². The highest BCUT2D eigenvalue weighted by atomic mass is 16.5. The fourth-order valence-electron chi connectivity index (χ4n) is 3.37. The molecule has 1 amide bonds. The summed E-state index contributed by atoms with van der Waals surface area (Å²) in [7, 11) is 1.32.